The summed E-state index contributed by atoms with van der Waals surface area (Å²) in [4.78, 5) is 24.5. The first-order valence-corrected chi connectivity index (χ1v) is 10.5. The van der Waals surface area contributed by atoms with Crippen LogP contribution < -0.4 is 5.32 Å². The van der Waals surface area contributed by atoms with E-state index < -0.39 is 18.0 Å². The zero-order valence-corrected chi connectivity index (χ0v) is 18.0. The Hall–Kier alpha value is -2.86. The molecule has 0 spiro atoms. The van der Waals surface area contributed by atoms with Crippen molar-refractivity contribution in [2.45, 2.75) is 32.7 Å². The number of alkyl halides is 1. The Labute approximate surface area is 182 Å². The molecule has 0 saturated heterocycles. The lowest BCUT2D eigenvalue weighted by atomic mass is 10.0. The number of amides is 2. The molecule has 0 saturated carbocycles. The van der Waals surface area contributed by atoms with E-state index in [1.807, 2.05) is 74.5 Å². The molecular formula is C23H28ClN3O3. The van der Waals surface area contributed by atoms with Gasteiger partial charge in [-0.25, -0.2) is 14.6 Å². The van der Waals surface area contributed by atoms with Gasteiger partial charge in [-0.1, -0.05) is 74.5 Å². The molecule has 0 aromatic heterocycles. The molecular weight excluding hydrogens is 402 g/mol. The zero-order chi connectivity index (χ0) is 21.9. The summed E-state index contributed by atoms with van der Waals surface area (Å²) in [5.41, 5.74) is 2.32. The van der Waals surface area contributed by atoms with Gasteiger partial charge in [-0.05, 0) is 18.8 Å². The molecule has 0 aliphatic heterocycles. The van der Waals surface area contributed by atoms with Gasteiger partial charge in [-0.3, -0.25) is 0 Å². The lowest BCUT2D eigenvalue weighted by molar-refractivity contribution is -0.139. The number of halogens is 1. The molecule has 0 fully saturated rings. The van der Waals surface area contributed by atoms with Crippen LogP contribution in [-0.4, -0.2) is 46.3 Å². The topological polar surface area (TPSA) is 82.0 Å². The van der Waals surface area contributed by atoms with E-state index in [9.17, 15) is 14.7 Å². The van der Waals surface area contributed by atoms with E-state index in [1.54, 1.807) is 0 Å². The van der Waals surface area contributed by atoms with Crippen molar-refractivity contribution in [1.29, 1.82) is 0 Å². The van der Waals surface area contributed by atoms with Crippen LogP contribution in [0.15, 0.2) is 65.8 Å². The molecule has 30 heavy (non-hydrogen) atoms. The number of rotatable bonds is 10. The smallest absolute Gasteiger partial charge is 0.338 e. The highest BCUT2D eigenvalue weighted by Crippen LogP contribution is 2.13. The number of carboxylic acids is 1. The Morgan fingerprint density at radius 1 is 1.03 bits per heavy atom. The molecule has 0 radical (unpaired) electrons. The van der Waals surface area contributed by atoms with Gasteiger partial charge in [-0.15, -0.1) is 11.6 Å². The van der Waals surface area contributed by atoms with Crippen LogP contribution in [0.3, 0.4) is 0 Å². The highest BCUT2D eigenvalue weighted by atomic mass is 35.5. The maximum Gasteiger partial charge on any atom is 0.338 e. The van der Waals surface area contributed by atoms with Crippen LogP contribution in [0.2, 0.25) is 0 Å². The van der Waals surface area contributed by atoms with Gasteiger partial charge in [-0.2, -0.15) is 5.10 Å². The molecule has 2 amide bonds. The van der Waals surface area contributed by atoms with Crippen LogP contribution in [0.1, 0.15) is 37.8 Å². The minimum Gasteiger partial charge on any atom is -0.480 e. The second-order valence-electron chi connectivity index (χ2n) is 7.32. The molecule has 0 bridgehead atoms. The first kappa shape index (κ1) is 23.4. The highest BCUT2D eigenvalue weighted by molar-refractivity contribution is 6.17. The Morgan fingerprint density at radius 3 is 2.00 bits per heavy atom. The number of hydrogen-bond donors (Lipinski definition) is 2. The largest absolute Gasteiger partial charge is 0.480 e. The van der Waals surface area contributed by atoms with Crippen molar-refractivity contribution in [3.63, 3.8) is 0 Å². The number of carbonyl (C=O) groups is 2. The molecule has 2 N–H and O–H groups in total. The number of carboxylic acid groups (broad SMARTS) is 1. The summed E-state index contributed by atoms with van der Waals surface area (Å²) in [6.07, 6.45) is 0.857. The molecule has 7 heteroatoms. The molecule has 2 aromatic carbocycles. The fraction of sp³-hybridized carbons (Fsp3) is 0.348. The van der Waals surface area contributed by atoms with Crippen molar-refractivity contribution in [1.82, 2.24) is 10.3 Å². The van der Waals surface area contributed by atoms with Crippen molar-refractivity contribution >= 4 is 29.3 Å². The number of carbonyl (C=O) groups excluding carboxylic acids is 1. The van der Waals surface area contributed by atoms with Gasteiger partial charge < -0.3 is 10.4 Å². The molecule has 2 rings (SSSR count). The number of urea groups is 1. The lowest BCUT2D eigenvalue weighted by Crippen LogP contribution is -2.47. The van der Waals surface area contributed by atoms with E-state index >= 15 is 0 Å². The summed E-state index contributed by atoms with van der Waals surface area (Å²) in [5, 5.41) is 18.0. The van der Waals surface area contributed by atoms with E-state index in [-0.39, 0.29) is 12.5 Å². The maximum absolute atomic E-state index is 12.9. The standard InChI is InChI=1S/C23H28ClN3O3/c1-17(2)16-20(22(28)29)25-23(30)27(15-9-14-24)26-21(18-10-5-3-6-11-18)19-12-7-4-8-13-19/h3-8,10-13,17,20H,9,14-16H2,1-2H3,(H,25,30)(H,28,29). The van der Waals surface area contributed by atoms with Gasteiger partial charge in [0.05, 0.1) is 5.71 Å². The SMILES string of the molecule is CC(C)CC(NC(=O)N(CCCCl)N=C(c1ccccc1)c1ccccc1)C(=O)O. The van der Waals surface area contributed by atoms with Gasteiger partial charge in [0.2, 0.25) is 0 Å². The van der Waals surface area contributed by atoms with Gasteiger partial charge in [0.25, 0.3) is 0 Å². The van der Waals surface area contributed by atoms with Crippen molar-refractivity contribution in [2.24, 2.45) is 11.0 Å². The minimum atomic E-state index is -1.07. The second kappa shape index (κ2) is 12.0. The van der Waals surface area contributed by atoms with Gasteiger partial charge in [0, 0.05) is 23.6 Å². The predicted molar refractivity (Wildman–Crippen MR) is 120 cm³/mol. The Bertz CT molecular complexity index is 800. The molecule has 1 unspecified atom stereocenters. The second-order valence-corrected chi connectivity index (χ2v) is 7.69. The van der Waals surface area contributed by atoms with Crippen LogP contribution in [0.25, 0.3) is 0 Å². The third kappa shape index (κ3) is 7.19. The number of nitrogens with one attached hydrogen (secondary N) is 1. The lowest BCUT2D eigenvalue weighted by Gasteiger charge is -2.23. The van der Waals surface area contributed by atoms with Crippen molar-refractivity contribution in [3.8, 4) is 0 Å². The van der Waals surface area contributed by atoms with Crippen LogP contribution in [0, 0.1) is 5.92 Å². The predicted octanol–water partition coefficient (Wildman–Crippen LogP) is 4.58. The summed E-state index contributed by atoms with van der Waals surface area (Å²) < 4.78 is 0. The molecule has 0 aliphatic rings. The average Bonchev–Trinajstić information content (AvgIpc) is 2.74. The fourth-order valence-electron chi connectivity index (χ4n) is 2.92. The van der Waals surface area contributed by atoms with Gasteiger partial charge in [0.1, 0.15) is 6.04 Å². The summed E-state index contributed by atoms with van der Waals surface area (Å²) in [6.45, 7) is 4.09. The minimum absolute atomic E-state index is 0.121. The van der Waals surface area contributed by atoms with Crippen molar-refractivity contribution in [3.05, 3.63) is 71.8 Å². The summed E-state index contributed by atoms with van der Waals surface area (Å²) in [5.74, 6) is -0.584. The molecule has 6 nitrogen and oxygen atoms in total. The third-order valence-electron chi connectivity index (χ3n) is 4.36. The summed E-state index contributed by atoms with van der Waals surface area (Å²) in [7, 11) is 0. The number of hydrogen-bond acceptors (Lipinski definition) is 3. The summed E-state index contributed by atoms with van der Waals surface area (Å²) >= 11 is 5.84. The van der Waals surface area contributed by atoms with E-state index in [4.69, 9.17) is 11.6 Å². The van der Waals surface area contributed by atoms with Crippen LogP contribution in [0.5, 0.6) is 0 Å². The van der Waals surface area contributed by atoms with Crippen LogP contribution in [-0.2, 0) is 4.79 Å². The van der Waals surface area contributed by atoms with E-state index in [0.29, 0.717) is 24.4 Å². The van der Waals surface area contributed by atoms with Crippen LogP contribution >= 0.6 is 11.6 Å². The Morgan fingerprint density at radius 2 is 1.57 bits per heavy atom. The first-order valence-electron chi connectivity index (χ1n) is 9.98. The van der Waals surface area contributed by atoms with E-state index in [0.717, 1.165) is 11.1 Å². The molecule has 2 aromatic rings. The van der Waals surface area contributed by atoms with Gasteiger partial charge >= 0.3 is 12.0 Å². The van der Waals surface area contributed by atoms with Crippen molar-refractivity contribution in [2.75, 3.05) is 12.4 Å². The van der Waals surface area contributed by atoms with Crippen LogP contribution in [0.4, 0.5) is 4.79 Å². The summed E-state index contributed by atoms with van der Waals surface area (Å²) in [6, 6.07) is 17.6. The average molecular weight is 430 g/mol. The van der Waals surface area contributed by atoms with Gasteiger partial charge in [0.15, 0.2) is 0 Å². The number of nitrogens with zero attached hydrogens (tertiary/aromatic N) is 2. The monoisotopic (exact) mass is 429 g/mol. The first-order chi connectivity index (χ1) is 14.4. The fourth-order valence-corrected chi connectivity index (χ4v) is 3.04. The molecule has 0 heterocycles. The zero-order valence-electron chi connectivity index (χ0n) is 17.3. The van der Waals surface area contributed by atoms with Crippen molar-refractivity contribution < 1.29 is 14.7 Å². The molecule has 0 aliphatic carbocycles. The maximum atomic E-state index is 12.9. The van der Waals surface area contributed by atoms with E-state index in [2.05, 4.69) is 10.4 Å². The number of benzene rings is 2. The third-order valence-corrected chi connectivity index (χ3v) is 4.62. The number of hydrazone groups is 1. The Kier molecular flexibility index (Phi) is 9.35. The quantitative estimate of drug-likeness (QED) is 0.329. The van der Waals surface area contributed by atoms with E-state index in [1.165, 1.54) is 5.01 Å². The molecule has 160 valence electrons. The number of aliphatic carboxylic acids is 1. The highest BCUT2D eigenvalue weighted by Gasteiger charge is 2.24. The normalized spacial score (nSPS) is 11.6. The molecule has 1 atom stereocenters. The Balaban J connectivity index is 2.39.